The zero-order valence-electron chi connectivity index (χ0n) is 19.1. The van der Waals surface area contributed by atoms with Gasteiger partial charge in [-0.05, 0) is 38.5 Å². The molecule has 3 heterocycles. The zero-order chi connectivity index (χ0) is 24.0. The van der Waals surface area contributed by atoms with Gasteiger partial charge in [0.15, 0.2) is 0 Å². The van der Waals surface area contributed by atoms with E-state index in [0.717, 1.165) is 31.6 Å². The lowest BCUT2D eigenvalue weighted by Crippen LogP contribution is -2.23. The van der Waals surface area contributed by atoms with Gasteiger partial charge in [0.2, 0.25) is 5.91 Å². The fraction of sp³-hybridized carbons (Fsp3) is 0.240. The number of ether oxygens (including phenoxy) is 1. The highest BCUT2D eigenvalue weighted by Gasteiger charge is 2.19. The Morgan fingerprint density at radius 1 is 1.24 bits per heavy atom. The fourth-order valence-electron chi connectivity index (χ4n) is 3.90. The van der Waals surface area contributed by atoms with Crippen LogP contribution in [0.1, 0.15) is 23.2 Å². The number of furan rings is 1. The van der Waals surface area contributed by atoms with E-state index in [-0.39, 0.29) is 16.7 Å². The van der Waals surface area contributed by atoms with Gasteiger partial charge < -0.3 is 19.5 Å². The summed E-state index contributed by atoms with van der Waals surface area (Å²) >= 11 is 2.92. The summed E-state index contributed by atoms with van der Waals surface area (Å²) in [5.74, 6) is 1.36. The van der Waals surface area contributed by atoms with Crippen molar-refractivity contribution in [3.8, 4) is 5.75 Å². The van der Waals surface area contributed by atoms with E-state index < -0.39 is 0 Å². The van der Waals surface area contributed by atoms with Gasteiger partial charge in [-0.1, -0.05) is 18.2 Å². The number of carbonyl (C=O) groups is 1. The third-order valence-corrected chi connectivity index (χ3v) is 8.14. The first kappa shape index (κ1) is 22.5. The minimum atomic E-state index is -0.385. The van der Waals surface area contributed by atoms with Crippen molar-refractivity contribution < 1.29 is 13.9 Å². The highest BCUT2D eigenvalue weighted by molar-refractivity contribution is 7.99. The van der Waals surface area contributed by atoms with Crippen LogP contribution in [0.5, 0.6) is 5.75 Å². The molecule has 1 atom stereocenters. The average molecular weight is 494 g/mol. The molecule has 0 fully saturated rings. The quantitative estimate of drug-likeness (QED) is 0.312. The molecule has 5 rings (SSSR count). The molecule has 5 aromatic rings. The zero-order valence-corrected chi connectivity index (χ0v) is 20.8. The molecular weight excluding hydrogens is 470 g/mol. The molecule has 0 unspecified atom stereocenters. The van der Waals surface area contributed by atoms with E-state index in [9.17, 15) is 9.59 Å². The maximum absolute atomic E-state index is 12.9. The molecule has 0 aliphatic carbocycles. The molecule has 3 aromatic heterocycles. The number of hydrogen-bond acceptors (Lipinski definition) is 7. The highest BCUT2D eigenvalue weighted by Crippen LogP contribution is 2.36. The van der Waals surface area contributed by atoms with Gasteiger partial charge in [0.25, 0.3) is 5.56 Å². The van der Waals surface area contributed by atoms with E-state index in [1.54, 1.807) is 13.2 Å². The molecule has 34 heavy (non-hydrogen) atoms. The fourth-order valence-corrected chi connectivity index (χ4v) is 5.70. The van der Waals surface area contributed by atoms with Crippen LogP contribution in [0.15, 0.2) is 45.6 Å². The van der Waals surface area contributed by atoms with E-state index in [2.05, 4.69) is 15.3 Å². The topological polar surface area (TPSA) is 97.2 Å². The second-order valence-electron chi connectivity index (χ2n) is 8.07. The number of thiophene rings is 1. The van der Waals surface area contributed by atoms with Crippen LogP contribution in [0.2, 0.25) is 0 Å². The number of nitrogens with zero attached hydrogens (tertiary/aromatic N) is 1. The van der Waals surface area contributed by atoms with Gasteiger partial charge in [0.05, 0.1) is 29.2 Å². The smallest absolute Gasteiger partial charge is 0.259 e. The molecule has 0 aliphatic heterocycles. The van der Waals surface area contributed by atoms with Gasteiger partial charge in [0.1, 0.15) is 27.6 Å². The van der Waals surface area contributed by atoms with E-state index in [1.807, 2.05) is 51.1 Å². The number of fused-ring (bicyclic) bond motifs is 4. The van der Waals surface area contributed by atoms with Crippen LogP contribution in [0, 0.1) is 13.8 Å². The Labute approximate surface area is 203 Å². The Hall–Kier alpha value is -3.30. The van der Waals surface area contributed by atoms with Gasteiger partial charge in [-0.3, -0.25) is 9.59 Å². The molecule has 9 heteroatoms. The first-order chi connectivity index (χ1) is 16.4. The van der Waals surface area contributed by atoms with Crippen LogP contribution in [0.4, 0.5) is 5.69 Å². The second kappa shape index (κ2) is 8.81. The minimum Gasteiger partial charge on any atom is -0.495 e. The van der Waals surface area contributed by atoms with Crippen molar-refractivity contribution in [1.82, 2.24) is 9.97 Å². The van der Waals surface area contributed by atoms with Gasteiger partial charge in [0, 0.05) is 21.7 Å². The molecule has 2 aromatic carbocycles. The first-order valence-corrected chi connectivity index (χ1v) is 12.6. The van der Waals surface area contributed by atoms with Crippen molar-refractivity contribution in [2.24, 2.45) is 0 Å². The molecule has 0 bridgehead atoms. The average Bonchev–Trinajstić information content (AvgIpc) is 3.32. The maximum atomic E-state index is 12.9. The standard InChI is InChI=1S/C25H23N3O4S2/c1-12-13(2)34-25-22(12)24(30)27-21(28-25)11-33-14(3)23(29)26-17-10-19-16(9-20(17)31-4)15-7-5-6-8-18(15)32-19/h5-10,14H,11H2,1-4H3,(H,26,29)(H,27,28,30)/t14-/m1/s1. The molecule has 174 valence electrons. The summed E-state index contributed by atoms with van der Waals surface area (Å²) in [6.07, 6.45) is 0. The molecule has 0 radical (unpaired) electrons. The number of anilines is 1. The number of para-hydroxylation sites is 1. The SMILES string of the molecule is COc1cc2c(cc1NC(=O)[C@@H](C)SCc1nc3sc(C)c(C)c3c(=O)[nH]1)oc1ccccc12. The largest absolute Gasteiger partial charge is 0.495 e. The summed E-state index contributed by atoms with van der Waals surface area (Å²) in [4.78, 5) is 34.7. The number of H-pyrrole nitrogens is 1. The van der Waals surface area contributed by atoms with Crippen LogP contribution < -0.4 is 15.6 Å². The summed E-state index contributed by atoms with van der Waals surface area (Å²) in [5.41, 5.74) is 2.83. The van der Waals surface area contributed by atoms with E-state index in [0.29, 0.717) is 34.0 Å². The third-order valence-electron chi connectivity index (χ3n) is 5.88. The van der Waals surface area contributed by atoms with Crippen LogP contribution >= 0.6 is 23.1 Å². The molecule has 0 aliphatic rings. The number of aromatic amines is 1. The normalized spacial score (nSPS) is 12.5. The number of carbonyl (C=O) groups excluding carboxylic acids is 1. The number of aryl methyl sites for hydroxylation is 2. The monoisotopic (exact) mass is 493 g/mol. The van der Waals surface area contributed by atoms with Crippen LogP contribution in [0.25, 0.3) is 32.2 Å². The Morgan fingerprint density at radius 3 is 2.82 bits per heavy atom. The summed E-state index contributed by atoms with van der Waals surface area (Å²) < 4.78 is 11.5. The summed E-state index contributed by atoms with van der Waals surface area (Å²) in [7, 11) is 1.57. The summed E-state index contributed by atoms with van der Waals surface area (Å²) in [5, 5.41) is 5.13. The number of thioether (sulfide) groups is 1. The van der Waals surface area contributed by atoms with Crippen LogP contribution in [-0.2, 0) is 10.5 Å². The summed E-state index contributed by atoms with van der Waals surface area (Å²) in [6.45, 7) is 5.74. The molecule has 1 amide bonds. The van der Waals surface area contributed by atoms with E-state index >= 15 is 0 Å². The molecule has 2 N–H and O–H groups in total. The number of benzene rings is 2. The van der Waals surface area contributed by atoms with Crippen molar-refractivity contribution >= 4 is 66.8 Å². The van der Waals surface area contributed by atoms with Crippen molar-refractivity contribution in [2.75, 3.05) is 12.4 Å². The number of aromatic nitrogens is 2. The number of methoxy groups -OCH3 is 1. The predicted molar refractivity (Wildman–Crippen MR) is 139 cm³/mol. The van der Waals surface area contributed by atoms with Crippen LogP contribution in [0.3, 0.4) is 0 Å². The third kappa shape index (κ3) is 3.95. The second-order valence-corrected chi connectivity index (χ2v) is 10.6. The van der Waals surface area contributed by atoms with Gasteiger partial charge in [-0.25, -0.2) is 4.98 Å². The Kier molecular flexibility index (Phi) is 5.83. The minimum absolute atomic E-state index is 0.136. The van der Waals surface area contributed by atoms with E-state index in [1.165, 1.54) is 23.1 Å². The first-order valence-electron chi connectivity index (χ1n) is 10.8. The van der Waals surface area contributed by atoms with Gasteiger partial charge >= 0.3 is 0 Å². The number of hydrogen-bond donors (Lipinski definition) is 2. The number of rotatable bonds is 6. The van der Waals surface area contributed by atoms with Crippen molar-refractivity contribution in [1.29, 1.82) is 0 Å². The molecule has 0 spiro atoms. The Balaban J connectivity index is 1.33. The lowest BCUT2D eigenvalue weighted by Gasteiger charge is -2.14. The highest BCUT2D eigenvalue weighted by atomic mass is 32.2. The van der Waals surface area contributed by atoms with Gasteiger partial charge in [-0.2, -0.15) is 0 Å². The maximum Gasteiger partial charge on any atom is 0.259 e. The molecule has 0 saturated heterocycles. The molecule has 0 saturated carbocycles. The Morgan fingerprint density at radius 2 is 2.03 bits per heavy atom. The molecule has 7 nitrogen and oxygen atoms in total. The Bertz CT molecular complexity index is 1620. The predicted octanol–water partition coefficient (Wildman–Crippen LogP) is 5.77. The van der Waals surface area contributed by atoms with Crippen molar-refractivity contribution in [3.05, 3.63) is 63.0 Å². The van der Waals surface area contributed by atoms with E-state index in [4.69, 9.17) is 9.15 Å². The lowest BCUT2D eigenvalue weighted by atomic mass is 10.1. The number of nitrogens with one attached hydrogen (secondary N) is 2. The van der Waals surface area contributed by atoms with Crippen molar-refractivity contribution in [3.63, 3.8) is 0 Å². The lowest BCUT2D eigenvalue weighted by molar-refractivity contribution is -0.115. The van der Waals surface area contributed by atoms with Crippen LogP contribution in [-0.4, -0.2) is 28.2 Å². The molecular formula is C25H23N3O4S2. The van der Waals surface area contributed by atoms with Crippen molar-refractivity contribution in [2.45, 2.75) is 31.8 Å². The summed E-state index contributed by atoms with van der Waals surface area (Å²) in [6, 6.07) is 11.4. The van der Waals surface area contributed by atoms with Gasteiger partial charge in [-0.15, -0.1) is 23.1 Å². The number of amides is 1.